The van der Waals surface area contributed by atoms with Crippen molar-refractivity contribution in [2.45, 2.75) is 81.0 Å². The predicted octanol–water partition coefficient (Wildman–Crippen LogP) is 2.84. The fraction of sp³-hybridized carbons (Fsp3) is 0.654. The average Bonchev–Trinajstić information content (AvgIpc) is 3.36. The molecule has 1 aromatic rings. The van der Waals surface area contributed by atoms with Gasteiger partial charge in [0, 0.05) is 29.2 Å². The van der Waals surface area contributed by atoms with Gasteiger partial charge in [0.2, 0.25) is 17.7 Å². The molecule has 3 heterocycles. The summed E-state index contributed by atoms with van der Waals surface area (Å²) in [5.74, 6) is -2.09. The number of hydrogen-bond donors (Lipinski definition) is 3. The van der Waals surface area contributed by atoms with Crippen LogP contribution in [0.25, 0.3) is 0 Å². The van der Waals surface area contributed by atoms with Crippen LogP contribution in [-0.4, -0.2) is 69.0 Å². The summed E-state index contributed by atoms with van der Waals surface area (Å²) in [5, 5.41) is 15.1. The van der Waals surface area contributed by atoms with E-state index in [1.54, 1.807) is 4.90 Å². The van der Waals surface area contributed by atoms with Gasteiger partial charge in [0.05, 0.1) is 17.9 Å². The Kier molecular flexibility index (Phi) is 7.60. The number of fused-ring (bicyclic) bond motifs is 1. The van der Waals surface area contributed by atoms with E-state index in [4.69, 9.17) is 9.84 Å². The molecule has 9 heteroatoms. The Bertz CT molecular complexity index is 952. The van der Waals surface area contributed by atoms with E-state index in [2.05, 4.69) is 26.6 Å². The molecule has 35 heavy (non-hydrogen) atoms. The zero-order valence-electron chi connectivity index (χ0n) is 20.6. The van der Waals surface area contributed by atoms with Crippen LogP contribution in [0.5, 0.6) is 0 Å². The number of aliphatic hydroxyl groups excluding tert-OH is 1. The Balaban J connectivity index is 1.63. The van der Waals surface area contributed by atoms with Crippen molar-refractivity contribution in [3.05, 3.63) is 30.3 Å². The number of rotatable bonds is 9. The average molecular weight is 550 g/mol. The summed E-state index contributed by atoms with van der Waals surface area (Å²) < 4.78 is 6.50. The molecule has 0 aromatic heterocycles. The monoisotopic (exact) mass is 549 g/mol. The molecule has 1 spiro atoms. The Morgan fingerprint density at radius 2 is 1.83 bits per heavy atom. The van der Waals surface area contributed by atoms with Crippen LogP contribution in [0, 0.1) is 11.8 Å². The number of para-hydroxylation sites is 1. The number of carbonyl (C=O) groups excluding carboxylic acids is 3. The minimum atomic E-state index is -1.05. The number of anilines is 1. The predicted molar refractivity (Wildman–Crippen MR) is 136 cm³/mol. The topological polar surface area (TPSA) is 108 Å². The summed E-state index contributed by atoms with van der Waals surface area (Å²) in [5.41, 5.74) is -0.862. The lowest BCUT2D eigenvalue weighted by Gasteiger charge is -2.36. The highest BCUT2D eigenvalue weighted by atomic mass is 79.9. The van der Waals surface area contributed by atoms with Gasteiger partial charge in [0.15, 0.2) is 0 Å². The number of nitrogens with zero attached hydrogens (tertiary/aromatic N) is 1. The number of benzene rings is 1. The van der Waals surface area contributed by atoms with Crippen molar-refractivity contribution >= 4 is 39.3 Å². The van der Waals surface area contributed by atoms with Gasteiger partial charge >= 0.3 is 0 Å². The van der Waals surface area contributed by atoms with Crippen molar-refractivity contribution in [2.24, 2.45) is 11.8 Å². The first kappa shape index (κ1) is 26.1. The van der Waals surface area contributed by atoms with Gasteiger partial charge in [0.25, 0.3) is 0 Å². The lowest BCUT2D eigenvalue weighted by molar-refractivity contribution is -0.142. The van der Waals surface area contributed by atoms with Crippen LogP contribution in [0.2, 0.25) is 0 Å². The number of likely N-dealkylation sites (tertiary alicyclic amines) is 1. The molecule has 3 saturated heterocycles. The molecule has 0 saturated carbocycles. The van der Waals surface area contributed by atoms with Crippen molar-refractivity contribution in [3.63, 3.8) is 0 Å². The van der Waals surface area contributed by atoms with Crippen molar-refractivity contribution < 1.29 is 24.2 Å². The zero-order chi connectivity index (χ0) is 25.4. The van der Waals surface area contributed by atoms with E-state index in [1.807, 2.05) is 51.1 Å². The molecule has 2 bridgehead atoms. The second-order valence-corrected chi connectivity index (χ2v) is 12.1. The molecule has 0 aliphatic carbocycles. The van der Waals surface area contributed by atoms with Crippen LogP contribution in [0.15, 0.2) is 30.3 Å². The molecular formula is C26H36BrN3O5. The van der Waals surface area contributed by atoms with Crippen molar-refractivity contribution in [2.75, 3.05) is 18.5 Å². The molecule has 192 valence electrons. The first-order chi connectivity index (χ1) is 16.6. The van der Waals surface area contributed by atoms with E-state index in [9.17, 15) is 14.4 Å². The third-order valence-corrected chi connectivity index (χ3v) is 8.03. The maximum Gasteiger partial charge on any atom is 0.246 e. The van der Waals surface area contributed by atoms with Crippen LogP contribution in [-0.2, 0) is 19.1 Å². The molecular weight excluding hydrogens is 514 g/mol. The fourth-order valence-corrected chi connectivity index (χ4v) is 6.85. The Morgan fingerprint density at radius 3 is 2.49 bits per heavy atom. The van der Waals surface area contributed by atoms with Crippen LogP contribution in [0.4, 0.5) is 5.69 Å². The molecule has 3 fully saturated rings. The second-order valence-electron chi connectivity index (χ2n) is 10.9. The molecule has 0 radical (unpaired) electrons. The lowest BCUT2D eigenvalue weighted by Crippen LogP contribution is -2.58. The van der Waals surface area contributed by atoms with E-state index in [1.165, 1.54) is 0 Å². The standard InChI is InChI=1S/C26H36BrN3O5/c1-25(2,3)29-23(33)21-26-15-17(27)20(35-26)18(22(32)28-16-11-7-6-8-12-16)19(26)24(34)30(21)13-9-4-5-10-14-31/h6-8,11-12,17-21,31H,4-5,9-10,13-15H2,1-3H3,(H,28,32)(H,29,33)/t17?,18-,19+,20-,21?,26?/m1/s1. The van der Waals surface area contributed by atoms with Gasteiger partial charge in [-0.25, -0.2) is 0 Å². The van der Waals surface area contributed by atoms with Gasteiger partial charge in [-0.05, 0) is 52.2 Å². The first-order valence-electron chi connectivity index (χ1n) is 12.5. The number of alkyl halides is 1. The van der Waals surface area contributed by atoms with Gasteiger partial charge in [-0.3, -0.25) is 14.4 Å². The van der Waals surface area contributed by atoms with E-state index >= 15 is 0 Å². The van der Waals surface area contributed by atoms with Crippen LogP contribution in [0.3, 0.4) is 0 Å². The van der Waals surface area contributed by atoms with Gasteiger partial charge in [0.1, 0.15) is 11.6 Å². The number of aliphatic hydroxyl groups is 1. The maximum atomic E-state index is 13.9. The second kappa shape index (κ2) is 10.2. The number of hydrogen-bond acceptors (Lipinski definition) is 5. The Labute approximate surface area is 215 Å². The van der Waals surface area contributed by atoms with Crippen LogP contribution < -0.4 is 10.6 Å². The summed E-state index contributed by atoms with van der Waals surface area (Å²) in [6.07, 6.45) is 3.15. The van der Waals surface area contributed by atoms with Crippen LogP contribution in [0.1, 0.15) is 52.9 Å². The van der Waals surface area contributed by atoms with Crippen LogP contribution >= 0.6 is 15.9 Å². The van der Waals surface area contributed by atoms with Gasteiger partial charge in [-0.15, -0.1) is 0 Å². The fourth-order valence-electron chi connectivity index (χ4n) is 5.90. The highest BCUT2D eigenvalue weighted by molar-refractivity contribution is 9.09. The maximum absolute atomic E-state index is 13.9. The SMILES string of the molecule is CC(C)(C)NC(=O)C1N(CCCCCCO)C(=O)[C@@H]2[C@@H](C(=O)Nc3ccccc3)[C@@H]3OC12CC3Br. The smallest absolute Gasteiger partial charge is 0.246 e. The third kappa shape index (κ3) is 5.00. The number of halogens is 1. The highest BCUT2D eigenvalue weighted by Crippen LogP contribution is 2.60. The highest BCUT2D eigenvalue weighted by Gasteiger charge is 2.76. The van der Waals surface area contributed by atoms with Crippen molar-refractivity contribution in [1.82, 2.24) is 10.2 Å². The molecule has 3 N–H and O–H groups in total. The van der Waals surface area contributed by atoms with Gasteiger partial charge in [-0.2, -0.15) is 0 Å². The molecule has 3 aliphatic heterocycles. The minimum absolute atomic E-state index is 0.132. The summed E-state index contributed by atoms with van der Waals surface area (Å²) in [6, 6.07) is 8.37. The lowest BCUT2D eigenvalue weighted by atomic mass is 9.70. The molecule has 4 rings (SSSR count). The number of nitrogens with one attached hydrogen (secondary N) is 2. The number of unbranched alkanes of at least 4 members (excludes halogenated alkanes) is 3. The number of ether oxygens (including phenoxy) is 1. The summed E-state index contributed by atoms with van der Waals surface area (Å²) in [6.45, 7) is 6.29. The molecule has 3 aliphatic rings. The zero-order valence-corrected chi connectivity index (χ0v) is 22.2. The summed E-state index contributed by atoms with van der Waals surface area (Å²) in [4.78, 5) is 42.5. The van der Waals surface area contributed by atoms with Crippen molar-refractivity contribution in [1.29, 1.82) is 0 Å². The Hall–Kier alpha value is -1.97. The number of carbonyl (C=O) groups is 3. The minimum Gasteiger partial charge on any atom is -0.396 e. The molecule has 3 amide bonds. The summed E-state index contributed by atoms with van der Waals surface area (Å²) in [7, 11) is 0. The first-order valence-corrected chi connectivity index (χ1v) is 13.4. The molecule has 6 atom stereocenters. The third-order valence-electron chi connectivity index (χ3n) is 7.19. The summed E-state index contributed by atoms with van der Waals surface area (Å²) >= 11 is 3.69. The van der Waals surface area contributed by atoms with Gasteiger partial charge < -0.3 is 25.4 Å². The van der Waals surface area contributed by atoms with E-state index < -0.39 is 35.1 Å². The van der Waals surface area contributed by atoms with Gasteiger partial charge in [-0.1, -0.05) is 47.0 Å². The quantitative estimate of drug-likeness (QED) is 0.324. The Morgan fingerprint density at radius 1 is 1.14 bits per heavy atom. The van der Waals surface area contributed by atoms with E-state index in [0.717, 1.165) is 19.3 Å². The normalized spacial score (nSPS) is 31.5. The molecule has 1 aromatic carbocycles. The van der Waals surface area contributed by atoms with E-state index in [0.29, 0.717) is 25.1 Å². The molecule has 3 unspecified atom stereocenters. The van der Waals surface area contributed by atoms with Crippen molar-refractivity contribution in [3.8, 4) is 0 Å². The molecule has 8 nitrogen and oxygen atoms in total. The number of amides is 3. The largest absolute Gasteiger partial charge is 0.396 e. The van der Waals surface area contributed by atoms with E-state index in [-0.39, 0.29) is 29.2 Å².